The summed E-state index contributed by atoms with van der Waals surface area (Å²) in [5.74, 6) is -0.180. The SMILES string of the molecule is Cc1nccc(CNCC(=O)O)n1. The second kappa shape index (κ2) is 4.51. The average Bonchev–Trinajstić information content (AvgIpc) is 2.03. The predicted octanol–water partition coefficient (Wildman–Crippen LogP) is -0.0408. The van der Waals surface area contributed by atoms with E-state index < -0.39 is 5.97 Å². The van der Waals surface area contributed by atoms with E-state index in [0.717, 1.165) is 5.69 Å². The highest BCUT2D eigenvalue weighted by molar-refractivity contribution is 5.68. The lowest BCUT2D eigenvalue weighted by Gasteiger charge is -2.01. The number of hydrogen-bond acceptors (Lipinski definition) is 4. The van der Waals surface area contributed by atoms with Crippen molar-refractivity contribution in [2.45, 2.75) is 13.5 Å². The fraction of sp³-hybridized carbons (Fsp3) is 0.375. The van der Waals surface area contributed by atoms with E-state index >= 15 is 0 Å². The normalized spacial score (nSPS) is 9.92. The van der Waals surface area contributed by atoms with Gasteiger partial charge in [-0.3, -0.25) is 4.79 Å². The first-order valence-electron chi connectivity index (χ1n) is 3.89. The number of aliphatic carboxylic acids is 1. The maximum atomic E-state index is 10.2. The van der Waals surface area contributed by atoms with Crippen LogP contribution in [-0.2, 0) is 11.3 Å². The van der Waals surface area contributed by atoms with Gasteiger partial charge < -0.3 is 10.4 Å². The minimum Gasteiger partial charge on any atom is -0.480 e. The highest BCUT2D eigenvalue weighted by Gasteiger charge is 1.97. The van der Waals surface area contributed by atoms with Crippen LogP contribution in [0.25, 0.3) is 0 Å². The zero-order valence-corrected chi connectivity index (χ0v) is 7.32. The first kappa shape index (κ1) is 9.60. The van der Waals surface area contributed by atoms with Crippen molar-refractivity contribution < 1.29 is 9.90 Å². The molecule has 0 amide bonds. The van der Waals surface area contributed by atoms with Crippen LogP contribution in [0, 0.1) is 6.92 Å². The molecule has 0 radical (unpaired) electrons. The number of carboxylic acid groups (broad SMARTS) is 1. The molecule has 5 heteroatoms. The van der Waals surface area contributed by atoms with Crippen LogP contribution in [-0.4, -0.2) is 27.6 Å². The van der Waals surface area contributed by atoms with Crippen LogP contribution >= 0.6 is 0 Å². The standard InChI is InChI=1S/C8H11N3O2/c1-6-10-3-2-7(11-6)4-9-5-8(12)13/h2-3,9H,4-5H2,1H3,(H,12,13). The van der Waals surface area contributed by atoms with E-state index in [-0.39, 0.29) is 6.54 Å². The Balaban J connectivity index is 2.41. The third kappa shape index (κ3) is 3.62. The molecule has 1 aromatic rings. The molecule has 0 aromatic carbocycles. The Morgan fingerprint density at radius 1 is 1.69 bits per heavy atom. The Kier molecular flexibility index (Phi) is 3.33. The Morgan fingerprint density at radius 2 is 2.46 bits per heavy atom. The summed E-state index contributed by atoms with van der Waals surface area (Å²) in [7, 11) is 0. The number of nitrogens with one attached hydrogen (secondary N) is 1. The number of nitrogens with zero attached hydrogens (tertiary/aromatic N) is 2. The molecule has 0 saturated carbocycles. The van der Waals surface area contributed by atoms with E-state index in [9.17, 15) is 4.79 Å². The summed E-state index contributed by atoms with van der Waals surface area (Å²) in [5, 5.41) is 11.1. The molecule has 1 heterocycles. The van der Waals surface area contributed by atoms with Crippen LogP contribution in [0.3, 0.4) is 0 Å². The highest BCUT2D eigenvalue weighted by Crippen LogP contribution is 1.92. The molecule has 0 fully saturated rings. The third-order valence-electron chi connectivity index (χ3n) is 1.42. The zero-order chi connectivity index (χ0) is 9.68. The van der Waals surface area contributed by atoms with Crippen molar-refractivity contribution in [3.63, 3.8) is 0 Å². The Bertz CT molecular complexity index is 301. The summed E-state index contributed by atoms with van der Waals surface area (Å²) >= 11 is 0. The van der Waals surface area contributed by atoms with Gasteiger partial charge in [0.15, 0.2) is 0 Å². The van der Waals surface area contributed by atoms with Crippen LogP contribution in [0.1, 0.15) is 11.5 Å². The van der Waals surface area contributed by atoms with Gasteiger partial charge >= 0.3 is 5.97 Å². The quantitative estimate of drug-likeness (QED) is 0.681. The maximum absolute atomic E-state index is 10.2. The van der Waals surface area contributed by atoms with E-state index in [1.165, 1.54) is 0 Å². The summed E-state index contributed by atoms with van der Waals surface area (Å²) in [5.41, 5.74) is 0.800. The Labute approximate surface area is 75.8 Å². The summed E-state index contributed by atoms with van der Waals surface area (Å²) in [6.45, 7) is 2.19. The van der Waals surface area contributed by atoms with Crippen molar-refractivity contribution in [3.8, 4) is 0 Å². The predicted molar refractivity (Wildman–Crippen MR) is 46.1 cm³/mol. The van der Waals surface area contributed by atoms with E-state index in [4.69, 9.17) is 5.11 Å². The van der Waals surface area contributed by atoms with Gasteiger partial charge in [-0.05, 0) is 13.0 Å². The summed E-state index contributed by atoms with van der Waals surface area (Å²) in [6, 6.07) is 1.75. The molecule has 2 N–H and O–H groups in total. The monoisotopic (exact) mass is 181 g/mol. The molecule has 0 bridgehead atoms. The molecule has 70 valence electrons. The molecule has 0 aliphatic rings. The fourth-order valence-corrected chi connectivity index (χ4v) is 0.901. The fourth-order valence-electron chi connectivity index (χ4n) is 0.901. The van der Waals surface area contributed by atoms with Crippen molar-refractivity contribution in [2.24, 2.45) is 0 Å². The van der Waals surface area contributed by atoms with Crippen molar-refractivity contribution in [1.82, 2.24) is 15.3 Å². The van der Waals surface area contributed by atoms with Gasteiger partial charge in [0.1, 0.15) is 5.82 Å². The van der Waals surface area contributed by atoms with Crippen molar-refractivity contribution in [2.75, 3.05) is 6.54 Å². The number of aromatic nitrogens is 2. The van der Waals surface area contributed by atoms with E-state index in [1.807, 2.05) is 0 Å². The van der Waals surface area contributed by atoms with Crippen LogP contribution in [0.4, 0.5) is 0 Å². The molecule has 0 atom stereocenters. The minimum absolute atomic E-state index is 0.0525. The first-order chi connectivity index (χ1) is 6.18. The lowest BCUT2D eigenvalue weighted by molar-refractivity contribution is -0.135. The smallest absolute Gasteiger partial charge is 0.317 e. The van der Waals surface area contributed by atoms with Crippen LogP contribution in [0.5, 0.6) is 0 Å². The van der Waals surface area contributed by atoms with Crippen LogP contribution in [0.2, 0.25) is 0 Å². The lowest BCUT2D eigenvalue weighted by atomic mass is 10.4. The Morgan fingerprint density at radius 3 is 3.08 bits per heavy atom. The first-order valence-corrected chi connectivity index (χ1v) is 3.89. The molecular weight excluding hydrogens is 170 g/mol. The molecule has 0 saturated heterocycles. The molecule has 0 spiro atoms. The highest BCUT2D eigenvalue weighted by atomic mass is 16.4. The number of rotatable bonds is 4. The van der Waals surface area contributed by atoms with E-state index in [2.05, 4.69) is 15.3 Å². The number of carboxylic acids is 1. The van der Waals surface area contributed by atoms with Crippen LogP contribution < -0.4 is 5.32 Å². The molecule has 5 nitrogen and oxygen atoms in total. The molecule has 13 heavy (non-hydrogen) atoms. The topological polar surface area (TPSA) is 75.1 Å². The largest absolute Gasteiger partial charge is 0.480 e. The second-order valence-electron chi connectivity index (χ2n) is 2.59. The van der Waals surface area contributed by atoms with Gasteiger partial charge in [-0.15, -0.1) is 0 Å². The molecule has 0 unspecified atom stereocenters. The van der Waals surface area contributed by atoms with E-state index in [1.54, 1.807) is 19.2 Å². The van der Waals surface area contributed by atoms with Gasteiger partial charge in [0.2, 0.25) is 0 Å². The molecule has 1 aromatic heterocycles. The lowest BCUT2D eigenvalue weighted by Crippen LogP contribution is -2.22. The van der Waals surface area contributed by atoms with Gasteiger partial charge in [0.25, 0.3) is 0 Å². The molecular formula is C8H11N3O2. The van der Waals surface area contributed by atoms with Gasteiger partial charge in [-0.1, -0.05) is 0 Å². The van der Waals surface area contributed by atoms with Gasteiger partial charge in [0, 0.05) is 12.7 Å². The Hall–Kier alpha value is -1.49. The van der Waals surface area contributed by atoms with Gasteiger partial charge in [0.05, 0.1) is 12.2 Å². The number of carbonyl (C=O) groups is 1. The summed E-state index contributed by atoms with van der Waals surface area (Å²) in [6.07, 6.45) is 1.65. The van der Waals surface area contributed by atoms with Crippen molar-refractivity contribution >= 4 is 5.97 Å². The maximum Gasteiger partial charge on any atom is 0.317 e. The molecule has 1 rings (SSSR count). The van der Waals surface area contributed by atoms with Crippen LogP contribution in [0.15, 0.2) is 12.3 Å². The number of aryl methyl sites for hydroxylation is 1. The van der Waals surface area contributed by atoms with Gasteiger partial charge in [-0.2, -0.15) is 0 Å². The number of hydrogen-bond donors (Lipinski definition) is 2. The van der Waals surface area contributed by atoms with E-state index in [0.29, 0.717) is 12.4 Å². The third-order valence-corrected chi connectivity index (χ3v) is 1.42. The zero-order valence-electron chi connectivity index (χ0n) is 7.32. The summed E-state index contributed by atoms with van der Waals surface area (Å²) in [4.78, 5) is 18.2. The average molecular weight is 181 g/mol. The van der Waals surface area contributed by atoms with Crippen molar-refractivity contribution in [3.05, 3.63) is 23.8 Å². The van der Waals surface area contributed by atoms with Gasteiger partial charge in [-0.25, -0.2) is 9.97 Å². The molecule has 0 aliphatic heterocycles. The van der Waals surface area contributed by atoms with Crippen molar-refractivity contribution in [1.29, 1.82) is 0 Å². The molecule has 0 aliphatic carbocycles. The second-order valence-corrected chi connectivity index (χ2v) is 2.59. The summed E-state index contributed by atoms with van der Waals surface area (Å²) < 4.78 is 0. The minimum atomic E-state index is -0.870.